The monoisotopic (exact) mass is 514 g/mol. The van der Waals surface area contributed by atoms with Crippen molar-refractivity contribution in [3.63, 3.8) is 0 Å². The van der Waals surface area contributed by atoms with Crippen LogP contribution in [0.25, 0.3) is 5.65 Å². The summed E-state index contributed by atoms with van der Waals surface area (Å²) in [7, 11) is 1.36. The maximum Gasteiger partial charge on any atom is 0.407 e. The molecule has 3 aromatic rings. The maximum atomic E-state index is 11.8. The van der Waals surface area contributed by atoms with E-state index >= 15 is 0 Å². The number of halogens is 1. The molecule has 0 unspecified atom stereocenters. The molecule has 1 aromatic carbocycles. The van der Waals surface area contributed by atoms with Crippen LogP contribution < -0.4 is 32.3 Å². The number of alkyl carbamates (subject to hydrolysis) is 1. The van der Waals surface area contributed by atoms with Gasteiger partial charge in [0.2, 0.25) is 5.95 Å². The molecule has 2 atom stereocenters. The maximum absolute atomic E-state index is 11.8. The number of nitrogens with zero attached hydrogens (tertiary/aromatic N) is 5. The summed E-state index contributed by atoms with van der Waals surface area (Å²) in [5, 5.41) is 14.8. The van der Waals surface area contributed by atoms with E-state index in [1.54, 1.807) is 10.7 Å². The number of benzene rings is 1. The molecule has 192 valence electrons. The number of nitrogens with two attached hydrogens (primary N) is 2. The Morgan fingerprint density at radius 3 is 2.75 bits per heavy atom. The molecular formula is C23H31ClN10O2. The lowest BCUT2D eigenvalue weighted by atomic mass is 10.1. The van der Waals surface area contributed by atoms with E-state index in [1.807, 2.05) is 12.1 Å². The predicted molar refractivity (Wildman–Crippen MR) is 139 cm³/mol. The van der Waals surface area contributed by atoms with Crippen molar-refractivity contribution in [3.8, 4) is 0 Å². The number of nitrogens with one attached hydrogen (secondary N) is 3. The van der Waals surface area contributed by atoms with E-state index in [2.05, 4.69) is 37.9 Å². The lowest BCUT2D eigenvalue weighted by molar-refractivity contribution is 0.165. The van der Waals surface area contributed by atoms with E-state index in [0.29, 0.717) is 60.3 Å². The first-order valence-corrected chi connectivity index (χ1v) is 12.4. The average Bonchev–Trinajstić information content (AvgIpc) is 3.48. The van der Waals surface area contributed by atoms with Crippen molar-refractivity contribution in [2.24, 2.45) is 17.4 Å². The number of rotatable bonds is 8. The van der Waals surface area contributed by atoms with Crippen molar-refractivity contribution >= 4 is 46.5 Å². The van der Waals surface area contributed by atoms with Gasteiger partial charge >= 0.3 is 6.09 Å². The third-order valence-electron chi connectivity index (χ3n) is 6.60. The molecule has 1 amide bonds. The largest absolute Gasteiger partial charge is 0.453 e. The second-order valence-corrected chi connectivity index (χ2v) is 9.70. The first kappa shape index (κ1) is 24.3. The van der Waals surface area contributed by atoms with Crippen molar-refractivity contribution in [3.05, 3.63) is 34.6 Å². The number of methoxy groups -OCH3 is 1. The number of carbonyl (C=O) groups excluding carboxylic acids is 1. The van der Waals surface area contributed by atoms with Gasteiger partial charge in [0.15, 0.2) is 11.5 Å². The Labute approximate surface area is 213 Å². The molecule has 1 aliphatic heterocycles. The fourth-order valence-corrected chi connectivity index (χ4v) is 4.70. The Hall–Kier alpha value is -3.35. The van der Waals surface area contributed by atoms with Crippen molar-refractivity contribution in [1.29, 1.82) is 0 Å². The number of amides is 1. The normalized spacial score (nSPS) is 19.5. The summed E-state index contributed by atoms with van der Waals surface area (Å²) in [5.41, 5.74) is 15.7. The molecule has 2 fully saturated rings. The summed E-state index contributed by atoms with van der Waals surface area (Å²) in [6, 6.07) is 4.19. The minimum atomic E-state index is -0.447. The van der Waals surface area contributed by atoms with Gasteiger partial charge in [0, 0.05) is 32.2 Å². The van der Waals surface area contributed by atoms with E-state index in [1.165, 1.54) is 7.11 Å². The predicted octanol–water partition coefficient (Wildman–Crippen LogP) is 2.19. The average molecular weight is 515 g/mol. The van der Waals surface area contributed by atoms with Gasteiger partial charge in [-0.15, -0.1) is 5.10 Å². The van der Waals surface area contributed by atoms with E-state index in [9.17, 15) is 4.79 Å². The van der Waals surface area contributed by atoms with Crippen molar-refractivity contribution in [1.82, 2.24) is 24.9 Å². The van der Waals surface area contributed by atoms with Crippen LogP contribution in [0.15, 0.2) is 18.3 Å². The zero-order chi connectivity index (χ0) is 25.4. The van der Waals surface area contributed by atoms with Gasteiger partial charge < -0.3 is 37.1 Å². The smallest absolute Gasteiger partial charge is 0.407 e. The fraction of sp³-hybridized carbons (Fsp3) is 0.478. The molecule has 5 rings (SSSR count). The topological polar surface area (TPSA) is 161 Å². The van der Waals surface area contributed by atoms with Gasteiger partial charge in [-0.25, -0.2) is 14.3 Å². The lowest BCUT2D eigenvalue weighted by Gasteiger charge is -2.23. The van der Waals surface area contributed by atoms with Crippen LogP contribution in [-0.4, -0.2) is 58.0 Å². The van der Waals surface area contributed by atoms with Gasteiger partial charge in [0.05, 0.1) is 41.4 Å². The van der Waals surface area contributed by atoms with Gasteiger partial charge in [0.25, 0.3) is 0 Å². The third kappa shape index (κ3) is 4.84. The fourth-order valence-electron chi connectivity index (χ4n) is 4.43. The summed E-state index contributed by atoms with van der Waals surface area (Å²) < 4.78 is 6.47. The molecule has 13 heteroatoms. The number of fused-ring (bicyclic) bond motifs is 1. The highest BCUT2D eigenvalue weighted by molar-refractivity contribution is 6.36. The Morgan fingerprint density at radius 1 is 1.25 bits per heavy atom. The molecule has 1 aliphatic carbocycles. The first-order valence-electron chi connectivity index (χ1n) is 12.0. The number of carbonyl (C=O) groups is 1. The quantitative estimate of drug-likeness (QED) is 0.301. The second kappa shape index (κ2) is 9.96. The molecule has 3 heterocycles. The van der Waals surface area contributed by atoms with Gasteiger partial charge in [-0.1, -0.05) is 18.5 Å². The molecule has 1 saturated heterocycles. The highest BCUT2D eigenvalue weighted by Gasteiger charge is 2.33. The Balaban J connectivity index is 1.47. The van der Waals surface area contributed by atoms with Crippen molar-refractivity contribution in [2.45, 2.75) is 44.9 Å². The molecule has 0 spiro atoms. The molecule has 0 bridgehead atoms. The molecule has 7 N–H and O–H groups in total. The minimum absolute atomic E-state index is 0.0656. The van der Waals surface area contributed by atoms with E-state index in [0.717, 1.165) is 29.8 Å². The highest BCUT2D eigenvalue weighted by Crippen LogP contribution is 2.38. The number of imidazole rings is 1. The number of anilines is 4. The number of hydrogen-bond acceptors (Lipinski definition) is 10. The van der Waals surface area contributed by atoms with Crippen molar-refractivity contribution < 1.29 is 9.53 Å². The van der Waals surface area contributed by atoms with E-state index in [-0.39, 0.29) is 12.0 Å². The summed E-state index contributed by atoms with van der Waals surface area (Å²) in [6.45, 7) is 4.02. The first-order chi connectivity index (χ1) is 17.4. The van der Waals surface area contributed by atoms with Crippen LogP contribution in [0.2, 0.25) is 5.02 Å². The molecule has 12 nitrogen and oxygen atoms in total. The van der Waals surface area contributed by atoms with Gasteiger partial charge in [0.1, 0.15) is 0 Å². The van der Waals surface area contributed by atoms with Crippen LogP contribution in [0.3, 0.4) is 0 Å². The van der Waals surface area contributed by atoms with Gasteiger partial charge in [-0.3, -0.25) is 0 Å². The lowest BCUT2D eigenvalue weighted by Crippen LogP contribution is -2.39. The SMILES string of the molecule is COC(=O)N[C@@H]1CN(c2cc(CN)cc(Nc3nc(NC4CC4)c4ncc(CN)n4n3)c2Cl)C[C@@H]1C. The number of aromatic nitrogens is 4. The van der Waals surface area contributed by atoms with Crippen LogP contribution in [0, 0.1) is 5.92 Å². The van der Waals surface area contributed by atoms with Crippen LogP contribution in [0.5, 0.6) is 0 Å². The Bertz CT molecular complexity index is 1280. The van der Waals surface area contributed by atoms with E-state index in [4.69, 9.17) is 32.8 Å². The van der Waals surface area contributed by atoms with Crippen molar-refractivity contribution in [2.75, 3.05) is 35.7 Å². The summed E-state index contributed by atoms with van der Waals surface area (Å²) in [4.78, 5) is 23.0. The zero-order valence-corrected chi connectivity index (χ0v) is 21.0. The molecule has 1 saturated carbocycles. The summed E-state index contributed by atoms with van der Waals surface area (Å²) in [6.07, 6.45) is 3.45. The molecule has 0 radical (unpaired) electrons. The zero-order valence-electron chi connectivity index (χ0n) is 20.3. The minimum Gasteiger partial charge on any atom is -0.453 e. The number of ether oxygens (including phenoxy) is 1. The Morgan fingerprint density at radius 2 is 2.06 bits per heavy atom. The summed E-state index contributed by atoms with van der Waals surface area (Å²) >= 11 is 6.92. The molecule has 2 aromatic heterocycles. The number of hydrogen-bond donors (Lipinski definition) is 5. The van der Waals surface area contributed by atoms with Crippen LogP contribution in [-0.2, 0) is 17.8 Å². The standard InChI is InChI=1S/C23H31ClN10O2/c1-12-10-33(11-17(12)30-23(35)36-2)18-6-13(7-25)5-16(19(18)24)29-22-31-20(28-14-3-4-14)21-27-9-15(8-26)34(21)32-22/h5-6,9,12,14,17H,3-4,7-8,10-11,25-26H2,1-2H3,(H,30,35)(H2,28,29,31,32)/t12-,17+/m0/s1. The van der Waals surface area contributed by atoms with E-state index < -0.39 is 6.09 Å². The van der Waals surface area contributed by atoms with Crippen LogP contribution >= 0.6 is 11.6 Å². The van der Waals surface area contributed by atoms with Crippen LogP contribution in [0.1, 0.15) is 31.0 Å². The van der Waals surface area contributed by atoms with Crippen LogP contribution in [0.4, 0.5) is 27.9 Å². The van der Waals surface area contributed by atoms with Gasteiger partial charge in [-0.2, -0.15) is 4.98 Å². The summed E-state index contributed by atoms with van der Waals surface area (Å²) in [5.74, 6) is 1.21. The molecular weight excluding hydrogens is 484 g/mol. The molecule has 36 heavy (non-hydrogen) atoms. The highest BCUT2D eigenvalue weighted by atomic mass is 35.5. The second-order valence-electron chi connectivity index (χ2n) is 9.32. The molecule has 2 aliphatic rings. The third-order valence-corrected chi connectivity index (χ3v) is 6.99. The van der Waals surface area contributed by atoms with Gasteiger partial charge in [-0.05, 0) is 36.5 Å². The Kier molecular flexibility index (Phi) is 6.73.